The second-order valence-electron chi connectivity index (χ2n) is 5.73. The fourth-order valence-electron chi connectivity index (χ4n) is 2.98. The van der Waals surface area contributed by atoms with E-state index in [2.05, 4.69) is 20.6 Å². The molecule has 0 aliphatic heterocycles. The summed E-state index contributed by atoms with van der Waals surface area (Å²) < 4.78 is 6.90. The van der Waals surface area contributed by atoms with E-state index in [1.165, 1.54) is 10.9 Å². The van der Waals surface area contributed by atoms with E-state index in [1.54, 1.807) is 14.0 Å². The number of halogens is 1. The van der Waals surface area contributed by atoms with Gasteiger partial charge in [-0.2, -0.15) is 5.10 Å². The highest BCUT2D eigenvalue weighted by Crippen LogP contribution is 2.29. The van der Waals surface area contributed by atoms with Crippen LogP contribution in [0.25, 0.3) is 0 Å². The van der Waals surface area contributed by atoms with Crippen LogP contribution in [0.1, 0.15) is 41.5 Å². The number of amides is 1. The van der Waals surface area contributed by atoms with Gasteiger partial charge in [0.25, 0.3) is 5.91 Å². The molecule has 1 aliphatic carbocycles. The third-order valence-electron chi connectivity index (χ3n) is 4.02. The summed E-state index contributed by atoms with van der Waals surface area (Å²) in [5, 5.41) is 15.2. The van der Waals surface area contributed by atoms with E-state index in [0.29, 0.717) is 28.4 Å². The fraction of sp³-hybridized carbons (Fsp3) is 0.571. The molecule has 2 aromatic heterocycles. The van der Waals surface area contributed by atoms with Crippen molar-refractivity contribution < 1.29 is 9.21 Å². The molecular formula is C14H18ClN5O2. The minimum absolute atomic E-state index is 0.146. The molecule has 8 heteroatoms. The van der Waals surface area contributed by atoms with E-state index in [-0.39, 0.29) is 11.9 Å². The first-order chi connectivity index (χ1) is 10.5. The Morgan fingerprint density at radius 2 is 2.32 bits per heavy atom. The Morgan fingerprint density at radius 1 is 1.50 bits per heavy atom. The molecule has 2 heterocycles. The van der Waals surface area contributed by atoms with E-state index < -0.39 is 0 Å². The summed E-state index contributed by atoms with van der Waals surface area (Å²) in [6.07, 6.45) is 5.12. The van der Waals surface area contributed by atoms with Crippen molar-refractivity contribution in [2.24, 2.45) is 13.0 Å². The van der Waals surface area contributed by atoms with Crippen LogP contribution in [0.2, 0.25) is 5.02 Å². The first kappa shape index (κ1) is 15.0. The van der Waals surface area contributed by atoms with E-state index in [4.69, 9.17) is 16.0 Å². The van der Waals surface area contributed by atoms with Crippen LogP contribution < -0.4 is 5.32 Å². The van der Waals surface area contributed by atoms with Gasteiger partial charge in [0.1, 0.15) is 5.69 Å². The normalized spacial score (nSPS) is 21.2. The van der Waals surface area contributed by atoms with E-state index >= 15 is 0 Å². The average molecular weight is 324 g/mol. The number of nitrogens with zero attached hydrogens (tertiary/aromatic N) is 4. The number of carbonyl (C=O) groups excluding carboxylic acids is 1. The summed E-state index contributed by atoms with van der Waals surface area (Å²) in [4.78, 5) is 12.3. The minimum atomic E-state index is -0.177. The Balaban J connectivity index is 1.56. The molecule has 0 aromatic carbocycles. The van der Waals surface area contributed by atoms with Crippen LogP contribution in [0.4, 0.5) is 0 Å². The third kappa shape index (κ3) is 3.14. The second kappa shape index (κ2) is 6.08. The summed E-state index contributed by atoms with van der Waals surface area (Å²) in [5.41, 5.74) is 0.401. The molecule has 118 valence electrons. The van der Waals surface area contributed by atoms with E-state index in [0.717, 1.165) is 25.7 Å². The molecule has 2 atom stereocenters. The van der Waals surface area contributed by atoms with Crippen molar-refractivity contribution in [2.75, 3.05) is 0 Å². The van der Waals surface area contributed by atoms with Gasteiger partial charge in [-0.15, -0.1) is 10.2 Å². The van der Waals surface area contributed by atoms with Gasteiger partial charge in [0.05, 0.1) is 11.2 Å². The van der Waals surface area contributed by atoms with Crippen LogP contribution in [-0.2, 0) is 13.5 Å². The molecule has 1 fully saturated rings. The second-order valence-corrected chi connectivity index (χ2v) is 6.14. The SMILES string of the molecule is Cc1nnc(C[C@@H]2CC[C@H](NC(=O)c3c(Cl)cnn3C)C2)o1. The predicted octanol–water partition coefficient (Wildman–Crippen LogP) is 1.91. The summed E-state index contributed by atoms with van der Waals surface area (Å²) in [6.45, 7) is 1.78. The number of aromatic nitrogens is 4. The topological polar surface area (TPSA) is 85.8 Å². The molecule has 1 amide bonds. The van der Waals surface area contributed by atoms with E-state index in [1.807, 2.05) is 0 Å². The molecule has 0 unspecified atom stereocenters. The van der Waals surface area contributed by atoms with Crippen LogP contribution in [0.3, 0.4) is 0 Å². The van der Waals surface area contributed by atoms with Crippen molar-refractivity contribution in [1.82, 2.24) is 25.3 Å². The van der Waals surface area contributed by atoms with Gasteiger partial charge in [-0.1, -0.05) is 11.6 Å². The molecule has 0 radical (unpaired) electrons. The number of rotatable bonds is 4. The summed E-state index contributed by atoms with van der Waals surface area (Å²) in [7, 11) is 1.70. The molecule has 1 saturated carbocycles. The molecule has 2 aromatic rings. The summed E-state index contributed by atoms with van der Waals surface area (Å²) >= 11 is 5.99. The Bertz CT molecular complexity index is 661. The number of hydrogen-bond donors (Lipinski definition) is 1. The summed E-state index contributed by atoms with van der Waals surface area (Å²) in [5.74, 6) is 1.53. The van der Waals surface area contributed by atoms with Crippen LogP contribution in [-0.4, -0.2) is 31.9 Å². The van der Waals surface area contributed by atoms with Gasteiger partial charge >= 0.3 is 0 Å². The van der Waals surface area contributed by atoms with Gasteiger partial charge in [-0.05, 0) is 25.2 Å². The first-order valence-corrected chi connectivity index (χ1v) is 7.68. The highest BCUT2D eigenvalue weighted by Gasteiger charge is 2.28. The number of nitrogens with one attached hydrogen (secondary N) is 1. The molecule has 1 N–H and O–H groups in total. The molecule has 0 saturated heterocycles. The van der Waals surface area contributed by atoms with Gasteiger partial charge in [0, 0.05) is 26.4 Å². The van der Waals surface area contributed by atoms with Gasteiger partial charge < -0.3 is 9.73 Å². The Morgan fingerprint density at radius 3 is 2.95 bits per heavy atom. The van der Waals surface area contributed by atoms with Crippen LogP contribution in [0.15, 0.2) is 10.6 Å². The van der Waals surface area contributed by atoms with E-state index in [9.17, 15) is 4.79 Å². The zero-order valence-corrected chi connectivity index (χ0v) is 13.3. The first-order valence-electron chi connectivity index (χ1n) is 7.30. The Kier molecular flexibility index (Phi) is 4.15. The van der Waals surface area contributed by atoms with Gasteiger partial charge in [0.15, 0.2) is 0 Å². The highest BCUT2D eigenvalue weighted by atomic mass is 35.5. The zero-order chi connectivity index (χ0) is 15.7. The zero-order valence-electron chi connectivity index (χ0n) is 12.5. The number of carbonyl (C=O) groups is 1. The molecule has 1 aliphatic rings. The van der Waals surface area contributed by atoms with Crippen LogP contribution >= 0.6 is 11.6 Å². The maximum absolute atomic E-state index is 12.3. The quantitative estimate of drug-likeness (QED) is 0.928. The standard InChI is InChI=1S/C14H18ClN5O2/c1-8-18-19-12(22-8)6-9-3-4-10(5-9)17-14(21)13-11(15)7-16-20(13)2/h7,9-10H,3-6H2,1-2H3,(H,17,21)/t9-,10+/m1/s1. The molecule has 22 heavy (non-hydrogen) atoms. The van der Waals surface area contributed by atoms with Crippen LogP contribution in [0.5, 0.6) is 0 Å². The molecule has 3 rings (SSSR count). The van der Waals surface area contributed by atoms with Crippen molar-refractivity contribution in [2.45, 2.75) is 38.6 Å². The smallest absolute Gasteiger partial charge is 0.271 e. The fourth-order valence-corrected chi connectivity index (χ4v) is 3.23. The highest BCUT2D eigenvalue weighted by molar-refractivity contribution is 6.33. The lowest BCUT2D eigenvalue weighted by atomic mass is 10.0. The Labute approximate surface area is 133 Å². The largest absolute Gasteiger partial charge is 0.426 e. The molecular weight excluding hydrogens is 306 g/mol. The van der Waals surface area contributed by atoms with Crippen molar-refractivity contribution in [3.05, 3.63) is 28.7 Å². The Hall–Kier alpha value is -1.89. The number of aryl methyl sites for hydroxylation is 2. The lowest BCUT2D eigenvalue weighted by Gasteiger charge is -2.13. The van der Waals surface area contributed by atoms with Crippen molar-refractivity contribution in [1.29, 1.82) is 0 Å². The lowest BCUT2D eigenvalue weighted by molar-refractivity contribution is 0.0927. The van der Waals surface area contributed by atoms with Crippen molar-refractivity contribution >= 4 is 17.5 Å². The monoisotopic (exact) mass is 323 g/mol. The van der Waals surface area contributed by atoms with Gasteiger partial charge in [-0.25, -0.2) is 0 Å². The molecule has 0 bridgehead atoms. The van der Waals surface area contributed by atoms with Gasteiger partial charge in [-0.3, -0.25) is 9.48 Å². The predicted molar refractivity (Wildman–Crippen MR) is 79.6 cm³/mol. The van der Waals surface area contributed by atoms with Crippen molar-refractivity contribution in [3.63, 3.8) is 0 Å². The maximum Gasteiger partial charge on any atom is 0.271 e. The minimum Gasteiger partial charge on any atom is -0.426 e. The summed E-state index contributed by atoms with van der Waals surface area (Å²) in [6, 6.07) is 0.146. The average Bonchev–Trinajstić information content (AvgIpc) is 3.14. The maximum atomic E-state index is 12.3. The number of hydrogen-bond acceptors (Lipinski definition) is 5. The van der Waals surface area contributed by atoms with Crippen molar-refractivity contribution in [3.8, 4) is 0 Å². The molecule has 0 spiro atoms. The third-order valence-corrected chi connectivity index (χ3v) is 4.29. The lowest BCUT2D eigenvalue weighted by Crippen LogP contribution is -2.34. The molecule has 7 nitrogen and oxygen atoms in total. The van der Waals surface area contributed by atoms with Gasteiger partial charge in [0.2, 0.25) is 11.8 Å². The van der Waals surface area contributed by atoms with Crippen LogP contribution in [0, 0.1) is 12.8 Å².